The monoisotopic (exact) mass is 474 g/mol. The molecule has 8 heteroatoms. The van der Waals surface area contributed by atoms with Crippen LogP contribution in [0.5, 0.6) is 0 Å². The van der Waals surface area contributed by atoms with Crippen molar-refractivity contribution in [2.45, 2.75) is 18.4 Å². The van der Waals surface area contributed by atoms with E-state index in [1.165, 1.54) is 14.1 Å². The number of carbonyl (C=O) groups is 1. The molecule has 1 N–H and O–H groups in total. The Hall–Kier alpha value is -3.75. The minimum absolute atomic E-state index is 0.0615. The zero-order chi connectivity index (χ0) is 24.3. The Morgan fingerprint density at radius 2 is 1.59 bits per heavy atom. The third-order valence-electron chi connectivity index (χ3n) is 5.48. The molecule has 174 valence electrons. The summed E-state index contributed by atoms with van der Waals surface area (Å²) in [6.07, 6.45) is 1.70. The molecule has 34 heavy (non-hydrogen) atoms. The van der Waals surface area contributed by atoms with Gasteiger partial charge in [0.2, 0.25) is 10.0 Å². The number of hydrogen-bond acceptors (Lipinski definition) is 4. The highest BCUT2D eigenvalue weighted by molar-refractivity contribution is 7.89. The third-order valence-corrected chi connectivity index (χ3v) is 7.39. The second kappa shape index (κ2) is 9.62. The van der Waals surface area contributed by atoms with Crippen LogP contribution < -0.4 is 5.32 Å². The Labute approximate surface area is 199 Å². The van der Waals surface area contributed by atoms with Crippen molar-refractivity contribution in [3.63, 3.8) is 0 Å². The molecule has 0 unspecified atom stereocenters. The number of rotatable bonds is 7. The Morgan fingerprint density at radius 3 is 2.26 bits per heavy atom. The maximum Gasteiger partial charge on any atom is 0.255 e. The lowest BCUT2D eigenvalue weighted by Crippen LogP contribution is -2.27. The van der Waals surface area contributed by atoms with Crippen LogP contribution in [-0.4, -0.2) is 42.5 Å². The van der Waals surface area contributed by atoms with Crippen LogP contribution in [0.15, 0.2) is 90.0 Å². The van der Waals surface area contributed by atoms with Gasteiger partial charge in [0.25, 0.3) is 5.91 Å². The zero-order valence-electron chi connectivity index (χ0n) is 19.3. The van der Waals surface area contributed by atoms with Crippen molar-refractivity contribution in [1.29, 1.82) is 0 Å². The van der Waals surface area contributed by atoms with E-state index in [0.717, 1.165) is 21.1 Å². The normalized spacial score (nSPS) is 11.5. The van der Waals surface area contributed by atoms with Crippen molar-refractivity contribution in [2.75, 3.05) is 14.1 Å². The Kier molecular flexibility index (Phi) is 6.63. The molecule has 0 radical (unpaired) electrons. The Balaban J connectivity index is 1.67. The van der Waals surface area contributed by atoms with Gasteiger partial charge in [0, 0.05) is 32.4 Å². The van der Waals surface area contributed by atoms with Crippen molar-refractivity contribution in [3.8, 4) is 16.9 Å². The van der Waals surface area contributed by atoms with E-state index >= 15 is 0 Å². The Morgan fingerprint density at radius 1 is 0.941 bits per heavy atom. The van der Waals surface area contributed by atoms with Crippen LogP contribution in [0.3, 0.4) is 0 Å². The highest BCUT2D eigenvalue weighted by atomic mass is 32.2. The molecule has 1 heterocycles. The van der Waals surface area contributed by atoms with Gasteiger partial charge in [-0.05, 0) is 30.7 Å². The fourth-order valence-corrected chi connectivity index (χ4v) is 4.66. The predicted octanol–water partition coefficient (Wildman–Crippen LogP) is 4.03. The van der Waals surface area contributed by atoms with Crippen molar-refractivity contribution in [2.24, 2.45) is 0 Å². The molecule has 3 aromatic carbocycles. The summed E-state index contributed by atoms with van der Waals surface area (Å²) in [4.78, 5) is 13.4. The largest absolute Gasteiger partial charge is 0.348 e. The van der Waals surface area contributed by atoms with Crippen molar-refractivity contribution >= 4 is 15.9 Å². The van der Waals surface area contributed by atoms with E-state index in [0.29, 0.717) is 16.8 Å². The first kappa shape index (κ1) is 23.4. The van der Waals surface area contributed by atoms with Crippen LogP contribution in [0.2, 0.25) is 0 Å². The number of carbonyl (C=O) groups excluding carboxylic acids is 1. The van der Waals surface area contributed by atoms with Gasteiger partial charge in [-0.25, -0.2) is 17.4 Å². The second-order valence-corrected chi connectivity index (χ2v) is 10.2. The zero-order valence-corrected chi connectivity index (χ0v) is 20.1. The van der Waals surface area contributed by atoms with Crippen LogP contribution >= 0.6 is 0 Å². The number of aryl methyl sites for hydroxylation is 1. The predicted molar refractivity (Wildman–Crippen MR) is 132 cm³/mol. The van der Waals surface area contributed by atoms with Gasteiger partial charge in [0.05, 0.1) is 16.1 Å². The van der Waals surface area contributed by atoms with Crippen LogP contribution in [0.25, 0.3) is 16.9 Å². The van der Waals surface area contributed by atoms with Gasteiger partial charge in [-0.15, -0.1) is 0 Å². The maximum atomic E-state index is 13.3. The maximum absolute atomic E-state index is 13.3. The summed E-state index contributed by atoms with van der Waals surface area (Å²) in [5.74, 6) is -0.339. The van der Waals surface area contributed by atoms with Crippen LogP contribution in [0.4, 0.5) is 0 Å². The van der Waals surface area contributed by atoms with Gasteiger partial charge >= 0.3 is 0 Å². The van der Waals surface area contributed by atoms with Gasteiger partial charge in [-0.1, -0.05) is 66.2 Å². The van der Waals surface area contributed by atoms with E-state index in [2.05, 4.69) is 10.4 Å². The lowest BCUT2D eigenvalue weighted by molar-refractivity contribution is 0.0951. The summed E-state index contributed by atoms with van der Waals surface area (Å²) in [7, 11) is -0.676. The lowest BCUT2D eigenvalue weighted by atomic mass is 10.1. The number of hydrogen-bond donors (Lipinski definition) is 1. The van der Waals surface area contributed by atoms with Gasteiger partial charge < -0.3 is 5.32 Å². The average molecular weight is 475 g/mol. The summed E-state index contributed by atoms with van der Waals surface area (Å²) in [5, 5.41) is 7.57. The topological polar surface area (TPSA) is 84.3 Å². The van der Waals surface area contributed by atoms with E-state index in [-0.39, 0.29) is 17.3 Å². The Bertz CT molecular complexity index is 1410. The standard InChI is InChI=1S/C26H26N4O3S/c1-19-13-15-22(16-14-19)30-18-23(25(28-30)20-9-5-4-6-10-20)26(31)27-17-21-11-7-8-12-24(21)34(32,33)29(2)3/h4-16,18H,17H2,1-3H3,(H,27,31). The molecule has 0 atom stereocenters. The van der Waals surface area contributed by atoms with E-state index in [1.807, 2.05) is 61.5 Å². The molecule has 0 bridgehead atoms. The molecule has 0 saturated heterocycles. The highest BCUT2D eigenvalue weighted by Crippen LogP contribution is 2.24. The van der Waals surface area contributed by atoms with Gasteiger partial charge in [-0.3, -0.25) is 4.79 Å². The van der Waals surface area contributed by atoms with E-state index < -0.39 is 10.0 Å². The molecule has 0 saturated carbocycles. The van der Waals surface area contributed by atoms with Gasteiger partial charge in [-0.2, -0.15) is 5.10 Å². The summed E-state index contributed by atoms with van der Waals surface area (Å²) in [6, 6.07) is 24.0. The van der Waals surface area contributed by atoms with Crippen molar-refractivity contribution in [1.82, 2.24) is 19.4 Å². The molecular weight excluding hydrogens is 448 g/mol. The summed E-state index contributed by atoms with van der Waals surface area (Å²) in [5.41, 5.74) is 4.24. The number of nitrogens with zero attached hydrogens (tertiary/aromatic N) is 3. The molecular formula is C26H26N4O3S. The number of benzene rings is 3. The van der Waals surface area contributed by atoms with E-state index in [4.69, 9.17) is 0 Å². The molecule has 0 aliphatic carbocycles. The van der Waals surface area contributed by atoms with E-state index in [9.17, 15) is 13.2 Å². The lowest BCUT2D eigenvalue weighted by Gasteiger charge is -2.15. The average Bonchev–Trinajstić information content (AvgIpc) is 3.29. The molecule has 0 spiro atoms. The molecule has 4 rings (SSSR count). The quantitative estimate of drug-likeness (QED) is 0.438. The molecule has 0 aliphatic heterocycles. The smallest absolute Gasteiger partial charge is 0.255 e. The molecule has 0 aliphatic rings. The molecule has 1 aromatic heterocycles. The minimum Gasteiger partial charge on any atom is -0.348 e. The molecule has 7 nitrogen and oxygen atoms in total. The fourth-order valence-electron chi connectivity index (χ4n) is 3.55. The number of nitrogens with one attached hydrogen (secondary N) is 1. The molecule has 0 fully saturated rings. The van der Waals surface area contributed by atoms with Crippen LogP contribution in [0, 0.1) is 6.92 Å². The van der Waals surface area contributed by atoms with Gasteiger partial charge in [0.15, 0.2) is 0 Å². The summed E-state index contributed by atoms with van der Waals surface area (Å²) in [6.45, 7) is 2.07. The SMILES string of the molecule is Cc1ccc(-n2cc(C(=O)NCc3ccccc3S(=O)(=O)N(C)C)c(-c3ccccc3)n2)cc1. The van der Waals surface area contributed by atoms with Crippen molar-refractivity contribution < 1.29 is 13.2 Å². The van der Waals surface area contributed by atoms with Gasteiger partial charge in [0.1, 0.15) is 5.69 Å². The second-order valence-electron chi connectivity index (χ2n) is 8.12. The van der Waals surface area contributed by atoms with E-state index in [1.54, 1.807) is 35.1 Å². The molecule has 4 aromatic rings. The first-order valence-corrected chi connectivity index (χ1v) is 12.2. The number of aromatic nitrogens is 2. The third kappa shape index (κ3) is 4.78. The number of sulfonamides is 1. The highest BCUT2D eigenvalue weighted by Gasteiger charge is 2.22. The van der Waals surface area contributed by atoms with Crippen LogP contribution in [-0.2, 0) is 16.6 Å². The first-order chi connectivity index (χ1) is 16.3. The summed E-state index contributed by atoms with van der Waals surface area (Å²) < 4.78 is 28.2. The minimum atomic E-state index is -3.64. The van der Waals surface area contributed by atoms with Crippen molar-refractivity contribution in [3.05, 3.63) is 102 Å². The fraction of sp³-hybridized carbons (Fsp3) is 0.154. The van der Waals surface area contributed by atoms with Crippen LogP contribution in [0.1, 0.15) is 21.5 Å². The summed E-state index contributed by atoms with van der Waals surface area (Å²) >= 11 is 0. The molecule has 1 amide bonds. The number of amides is 1. The first-order valence-electron chi connectivity index (χ1n) is 10.8.